The Hall–Kier alpha value is -2.25. The second kappa shape index (κ2) is 8.22. The molecule has 1 unspecified atom stereocenters. The summed E-state index contributed by atoms with van der Waals surface area (Å²) in [5, 5.41) is -0.354. The van der Waals surface area contributed by atoms with Crippen molar-refractivity contribution in [2.75, 3.05) is 20.2 Å². The van der Waals surface area contributed by atoms with Crippen LogP contribution in [0.4, 0.5) is 0 Å². The smallest absolute Gasteiger partial charge is 0.197 e. The third-order valence-corrected chi connectivity index (χ3v) is 3.88. The van der Waals surface area contributed by atoms with Crippen LogP contribution in [0.3, 0.4) is 0 Å². The zero-order valence-corrected chi connectivity index (χ0v) is 13.3. The van der Waals surface area contributed by atoms with E-state index >= 15 is 0 Å². The lowest BCUT2D eigenvalue weighted by Gasteiger charge is -2.11. The molecule has 0 aliphatic rings. The first-order valence-corrected chi connectivity index (χ1v) is 7.92. The number of aromatic nitrogens is 3. The van der Waals surface area contributed by atoms with Crippen LogP contribution in [0.25, 0.3) is 11.0 Å². The predicted octanol–water partition coefficient (Wildman–Crippen LogP) is 2.99. The number of benzene rings is 1. The monoisotopic (exact) mass is 373 g/mol. The Morgan fingerprint density at radius 3 is 3.08 bits per heavy atom. The molecule has 0 radical (unpaired) electrons. The summed E-state index contributed by atoms with van der Waals surface area (Å²) in [6.07, 6.45) is -3.06. The Morgan fingerprint density at radius 1 is 1.32 bits per heavy atom. The number of hydrogen-bond donors (Lipinski definition) is 1. The van der Waals surface area contributed by atoms with Crippen LogP contribution < -0.4 is 4.74 Å². The van der Waals surface area contributed by atoms with Gasteiger partial charge in [-0.15, -0.1) is 0 Å². The Balaban J connectivity index is 2.11. The molecule has 0 saturated heterocycles. The topological polar surface area (TPSA) is 77.1 Å². The molecule has 2 heterocycles. The highest BCUT2D eigenvalue weighted by Crippen LogP contribution is 2.22. The lowest BCUT2D eigenvalue weighted by Crippen LogP contribution is -2.06. The first-order chi connectivity index (χ1) is 17.5. The van der Waals surface area contributed by atoms with E-state index < -0.39 is 66.9 Å². The fourth-order valence-corrected chi connectivity index (χ4v) is 2.70. The number of imidazole rings is 1. The maximum atomic E-state index is 13.3. The highest BCUT2D eigenvalue weighted by atomic mass is 32.2. The van der Waals surface area contributed by atoms with Gasteiger partial charge in [0.05, 0.1) is 49.4 Å². The number of H-pyrrole nitrogens is 1. The van der Waals surface area contributed by atoms with Crippen LogP contribution >= 0.6 is 0 Å². The minimum Gasteiger partial charge on any atom is -0.493 e. The van der Waals surface area contributed by atoms with E-state index in [0.29, 0.717) is 11.0 Å². The zero-order chi connectivity index (χ0) is 29.8. The van der Waals surface area contributed by atoms with Crippen LogP contribution in [0.15, 0.2) is 41.7 Å². The minimum atomic E-state index is -3.86. The van der Waals surface area contributed by atoms with Gasteiger partial charge in [0.1, 0.15) is 5.75 Å². The molecule has 0 bridgehead atoms. The summed E-state index contributed by atoms with van der Waals surface area (Å²) in [6, 6.07) is 7.20. The number of ether oxygens (including phenoxy) is 2. The standard InChI is InChI=1S/C18H21N3O3S/c1-13-16(19-9-8-17(13)24-11-5-10-23-2)12-25(22)18-20-14-6-3-4-7-15(14)21-18/h3-4,6-9H,5,10-12H2,1-2H3,(H,20,21)/i1D3,2D3,5D2,10D2,11D2,12D2. The van der Waals surface area contributed by atoms with Gasteiger partial charge >= 0.3 is 0 Å². The number of pyridine rings is 1. The Labute approximate surface area is 168 Å². The average molecular weight is 374 g/mol. The molecular weight excluding hydrogens is 338 g/mol. The van der Waals surface area contributed by atoms with Gasteiger partial charge in [0.15, 0.2) is 5.16 Å². The number of methoxy groups -OCH3 is 1. The van der Waals surface area contributed by atoms with Crippen molar-refractivity contribution in [2.45, 2.75) is 24.1 Å². The number of rotatable bonds is 8. The Morgan fingerprint density at radius 2 is 2.24 bits per heavy atom. The van der Waals surface area contributed by atoms with E-state index in [1.54, 1.807) is 24.3 Å². The van der Waals surface area contributed by atoms with Crippen molar-refractivity contribution >= 4 is 21.8 Å². The van der Waals surface area contributed by atoms with Crippen molar-refractivity contribution < 1.29 is 32.9 Å². The van der Waals surface area contributed by atoms with Crippen molar-refractivity contribution in [3.63, 3.8) is 0 Å². The Bertz CT molecular complexity index is 1350. The predicted molar refractivity (Wildman–Crippen MR) is 97.2 cm³/mol. The fraction of sp³-hybridized carbons (Fsp3) is 0.333. The molecule has 6 nitrogen and oxygen atoms in total. The molecule has 0 saturated carbocycles. The van der Waals surface area contributed by atoms with E-state index in [9.17, 15) is 4.21 Å². The summed E-state index contributed by atoms with van der Waals surface area (Å²) >= 11 is 0. The lowest BCUT2D eigenvalue weighted by molar-refractivity contribution is 0.172. The van der Waals surface area contributed by atoms with Crippen LogP contribution in [0.2, 0.25) is 0 Å². The van der Waals surface area contributed by atoms with Crippen molar-refractivity contribution in [3.05, 3.63) is 47.8 Å². The third kappa shape index (κ3) is 4.24. The molecule has 0 aliphatic heterocycles. The van der Waals surface area contributed by atoms with Crippen LogP contribution in [0.5, 0.6) is 5.75 Å². The number of nitrogens with zero attached hydrogens (tertiary/aromatic N) is 2. The van der Waals surface area contributed by atoms with E-state index in [0.717, 1.165) is 12.3 Å². The molecule has 7 heteroatoms. The molecule has 132 valence electrons. The lowest BCUT2D eigenvalue weighted by atomic mass is 10.2. The maximum absolute atomic E-state index is 13.3. The van der Waals surface area contributed by atoms with Gasteiger partial charge in [-0.25, -0.2) is 4.98 Å². The normalized spacial score (nSPS) is 24.0. The summed E-state index contributed by atoms with van der Waals surface area (Å²) in [7, 11) is -6.18. The van der Waals surface area contributed by atoms with Gasteiger partial charge in [0.2, 0.25) is 0 Å². The number of aromatic amines is 1. The van der Waals surface area contributed by atoms with Crippen molar-refractivity contribution in [2.24, 2.45) is 0 Å². The molecule has 25 heavy (non-hydrogen) atoms. The third-order valence-electron chi connectivity index (χ3n) is 2.96. The molecule has 0 spiro atoms. The van der Waals surface area contributed by atoms with Crippen LogP contribution in [0, 0.1) is 6.85 Å². The molecule has 0 fully saturated rings. The van der Waals surface area contributed by atoms with Gasteiger partial charge in [-0.1, -0.05) is 12.1 Å². The van der Waals surface area contributed by atoms with Crippen molar-refractivity contribution in [3.8, 4) is 5.75 Å². The van der Waals surface area contributed by atoms with E-state index in [1.807, 2.05) is 0 Å². The molecule has 2 aromatic heterocycles. The van der Waals surface area contributed by atoms with Crippen molar-refractivity contribution in [1.82, 2.24) is 15.0 Å². The average Bonchev–Trinajstić information content (AvgIpc) is 3.19. The second-order valence-electron chi connectivity index (χ2n) is 4.50. The largest absolute Gasteiger partial charge is 0.493 e. The molecule has 0 amide bonds. The second-order valence-corrected chi connectivity index (χ2v) is 5.62. The maximum Gasteiger partial charge on any atom is 0.197 e. The fourth-order valence-electron chi connectivity index (χ4n) is 1.89. The molecule has 1 N–H and O–H groups in total. The first-order valence-electron chi connectivity index (χ1n) is 13.8. The molecule has 1 atom stereocenters. The summed E-state index contributed by atoms with van der Waals surface area (Å²) in [6.45, 7) is -10.9. The number of nitrogens with one attached hydrogen (secondary N) is 1. The number of hydrogen-bond acceptors (Lipinski definition) is 5. The van der Waals surface area contributed by atoms with Crippen LogP contribution in [0.1, 0.15) is 36.8 Å². The SMILES string of the molecule is [2H]C([2H])([2H])OC([2H])([2H])C([2H])([2H])C([2H])([2H])Oc1ccnc(C([2H])([2H])S(=O)c2nc3ccccc3[nH]2)c1C([2H])([2H])[2H]. The zero-order valence-electron chi connectivity index (χ0n) is 26.5. The highest BCUT2D eigenvalue weighted by molar-refractivity contribution is 7.84. The summed E-state index contributed by atoms with van der Waals surface area (Å²) in [5.41, 5.74) is -4.33. The van der Waals surface area contributed by atoms with Gasteiger partial charge in [-0.05, 0) is 25.1 Å². The number of para-hydroxylation sites is 2. The number of fused-ring (bicyclic) bond motifs is 1. The van der Waals surface area contributed by atoms with Crippen LogP contribution in [-0.4, -0.2) is 39.3 Å². The summed E-state index contributed by atoms with van der Waals surface area (Å²) in [4.78, 5) is 10.5. The van der Waals surface area contributed by atoms with Gasteiger partial charge in [0, 0.05) is 41.3 Å². The highest BCUT2D eigenvalue weighted by Gasteiger charge is 2.14. The molecular formula is C18H21N3O3S. The van der Waals surface area contributed by atoms with E-state index in [-0.39, 0.29) is 5.16 Å². The van der Waals surface area contributed by atoms with E-state index in [2.05, 4.69) is 19.7 Å². The minimum absolute atomic E-state index is 0.349. The first kappa shape index (κ1) is 7.17. The van der Waals surface area contributed by atoms with E-state index in [4.69, 9.17) is 23.9 Å². The van der Waals surface area contributed by atoms with Crippen LogP contribution in [-0.2, 0) is 21.2 Å². The van der Waals surface area contributed by atoms with Gasteiger partial charge in [-0.3, -0.25) is 9.19 Å². The van der Waals surface area contributed by atoms with E-state index in [1.165, 1.54) is 0 Å². The molecule has 0 aliphatic carbocycles. The molecule has 3 rings (SSSR count). The summed E-state index contributed by atoms with van der Waals surface area (Å²) < 4.78 is 131. The van der Waals surface area contributed by atoms with Gasteiger partial charge in [0.25, 0.3) is 0 Å². The molecule has 1 aromatic carbocycles. The quantitative estimate of drug-likeness (QED) is 0.657. The molecule has 3 aromatic rings. The van der Waals surface area contributed by atoms with Gasteiger partial charge in [-0.2, -0.15) is 0 Å². The summed E-state index contributed by atoms with van der Waals surface area (Å²) in [5.74, 6) is -0.982. The van der Waals surface area contributed by atoms with Gasteiger partial charge < -0.3 is 14.5 Å². The van der Waals surface area contributed by atoms with Crippen molar-refractivity contribution in [1.29, 1.82) is 0 Å². The Kier molecular flexibility index (Phi) is 2.36.